The van der Waals surface area contributed by atoms with Gasteiger partial charge in [0, 0.05) is 19.3 Å². The number of hydrogen-bond donors (Lipinski definition) is 0. The molecule has 0 radical (unpaired) electrons. The Bertz CT molecular complexity index is 670. The molecule has 2 aromatic rings. The lowest BCUT2D eigenvalue weighted by molar-refractivity contribution is -0.126. The van der Waals surface area contributed by atoms with Crippen LogP contribution in [-0.2, 0) is 16.1 Å². The van der Waals surface area contributed by atoms with E-state index in [4.69, 9.17) is 4.74 Å². The van der Waals surface area contributed by atoms with Crippen molar-refractivity contribution in [2.45, 2.75) is 25.5 Å². The van der Waals surface area contributed by atoms with E-state index >= 15 is 0 Å². The van der Waals surface area contributed by atoms with E-state index < -0.39 is 0 Å². The first-order valence-electron chi connectivity index (χ1n) is 7.22. The van der Waals surface area contributed by atoms with Gasteiger partial charge < -0.3 is 9.30 Å². The van der Waals surface area contributed by atoms with Crippen LogP contribution in [0.25, 0.3) is 0 Å². The molecular weight excluding hydrogens is 264 g/mol. The first-order valence-corrected chi connectivity index (χ1v) is 7.22. The zero-order chi connectivity index (χ0) is 14.5. The summed E-state index contributed by atoms with van der Waals surface area (Å²) in [6.45, 7) is 1.35. The molecule has 0 aliphatic carbocycles. The number of rotatable bonds is 3. The SMILES string of the molecule is O=C(N=c1ccccn1Cc1ccccc1)C1CCCO1. The van der Waals surface area contributed by atoms with Crippen LogP contribution in [0, 0.1) is 0 Å². The zero-order valence-corrected chi connectivity index (χ0v) is 11.8. The van der Waals surface area contributed by atoms with Crippen molar-refractivity contribution in [2.24, 2.45) is 4.99 Å². The molecule has 0 saturated carbocycles. The minimum atomic E-state index is -0.365. The topological polar surface area (TPSA) is 43.6 Å². The Balaban J connectivity index is 1.87. The van der Waals surface area contributed by atoms with Gasteiger partial charge in [-0.05, 0) is 30.5 Å². The van der Waals surface area contributed by atoms with Crippen LogP contribution >= 0.6 is 0 Å². The fourth-order valence-corrected chi connectivity index (χ4v) is 2.44. The van der Waals surface area contributed by atoms with Gasteiger partial charge in [0.15, 0.2) is 0 Å². The Morgan fingerprint density at radius 1 is 1.19 bits per heavy atom. The summed E-state index contributed by atoms with van der Waals surface area (Å²) >= 11 is 0. The van der Waals surface area contributed by atoms with Gasteiger partial charge in [0.25, 0.3) is 5.91 Å². The Kier molecular flexibility index (Phi) is 4.26. The van der Waals surface area contributed by atoms with Gasteiger partial charge in [0.2, 0.25) is 0 Å². The summed E-state index contributed by atoms with van der Waals surface area (Å²) < 4.78 is 7.37. The molecule has 1 aromatic heterocycles. The van der Waals surface area contributed by atoms with Gasteiger partial charge in [-0.3, -0.25) is 4.79 Å². The van der Waals surface area contributed by atoms with E-state index in [0.717, 1.165) is 12.8 Å². The van der Waals surface area contributed by atoms with Gasteiger partial charge in [0.1, 0.15) is 11.6 Å². The van der Waals surface area contributed by atoms with E-state index in [1.807, 2.05) is 47.2 Å². The molecule has 4 heteroatoms. The largest absolute Gasteiger partial charge is 0.368 e. The molecule has 2 heterocycles. The van der Waals surface area contributed by atoms with Crippen molar-refractivity contribution in [3.05, 3.63) is 65.8 Å². The summed E-state index contributed by atoms with van der Waals surface area (Å²) in [7, 11) is 0. The van der Waals surface area contributed by atoms with Crippen LogP contribution in [0.4, 0.5) is 0 Å². The average molecular weight is 282 g/mol. The molecule has 0 N–H and O–H groups in total. The van der Waals surface area contributed by atoms with Crippen molar-refractivity contribution in [1.29, 1.82) is 0 Å². The van der Waals surface area contributed by atoms with Crippen molar-refractivity contribution < 1.29 is 9.53 Å². The third-order valence-corrected chi connectivity index (χ3v) is 3.54. The minimum absolute atomic E-state index is 0.180. The van der Waals surface area contributed by atoms with E-state index in [0.29, 0.717) is 18.6 Å². The van der Waals surface area contributed by atoms with Gasteiger partial charge >= 0.3 is 0 Å². The third-order valence-electron chi connectivity index (χ3n) is 3.54. The zero-order valence-electron chi connectivity index (χ0n) is 11.8. The number of amides is 1. The van der Waals surface area contributed by atoms with Crippen LogP contribution in [-0.4, -0.2) is 23.2 Å². The summed E-state index contributed by atoms with van der Waals surface area (Å²) in [5.41, 5.74) is 1.84. The maximum absolute atomic E-state index is 12.1. The second-order valence-electron chi connectivity index (χ2n) is 5.12. The molecule has 4 nitrogen and oxygen atoms in total. The molecule has 108 valence electrons. The summed E-state index contributed by atoms with van der Waals surface area (Å²) in [4.78, 5) is 16.4. The maximum Gasteiger partial charge on any atom is 0.276 e. The smallest absolute Gasteiger partial charge is 0.276 e. The molecule has 0 bridgehead atoms. The molecule has 1 amide bonds. The van der Waals surface area contributed by atoms with Crippen molar-refractivity contribution >= 4 is 5.91 Å². The molecule has 3 rings (SSSR count). The number of aromatic nitrogens is 1. The number of carbonyl (C=O) groups is 1. The second-order valence-corrected chi connectivity index (χ2v) is 5.12. The molecule has 1 aromatic carbocycles. The highest BCUT2D eigenvalue weighted by Crippen LogP contribution is 2.12. The van der Waals surface area contributed by atoms with Gasteiger partial charge in [-0.15, -0.1) is 0 Å². The quantitative estimate of drug-likeness (QED) is 0.865. The van der Waals surface area contributed by atoms with Gasteiger partial charge in [-0.25, -0.2) is 0 Å². The highest BCUT2D eigenvalue weighted by Gasteiger charge is 2.22. The second kappa shape index (κ2) is 6.50. The van der Waals surface area contributed by atoms with Crippen molar-refractivity contribution in [1.82, 2.24) is 4.57 Å². The predicted octanol–water partition coefficient (Wildman–Crippen LogP) is 2.14. The summed E-state index contributed by atoms with van der Waals surface area (Å²) in [5.74, 6) is -0.180. The Labute approximate surface area is 123 Å². The van der Waals surface area contributed by atoms with Crippen LogP contribution in [0.15, 0.2) is 59.7 Å². The summed E-state index contributed by atoms with van der Waals surface area (Å²) in [6.07, 6.45) is 3.28. The lowest BCUT2D eigenvalue weighted by Crippen LogP contribution is -2.26. The van der Waals surface area contributed by atoms with E-state index in [1.54, 1.807) is 0 Å². The standard InChI is InChI=1S/C17H18N2O2/c20-17(15-9-6-12-21-15)18-16-10-4-5-11-19(16)13-14-7-2-1-3-8-14/h1-5,7-8,10-11,15H,6,9,12-13H2. The lowest BCUT2D eigenvalue weighted by atomic mass is 10.2. The maximum atomic E-state index is 12.1. The average Bonchev–Trinajstić information content (AvgIpc) is 3.05. The van der Waals surface area contributed by atoms with Crippen molar-refractivity contribution in [3.63, 3.8) is 0 Å². The van der Waals surface area contributed by atoms with E-state index in [-0.39, 0.29) is 12.0 Å². The molecule has 1 aliphatic heterocycles. The monoisotopic (exact) mass is 282 g/mol. The number of nitrogens with zero attached hydrogens (tertiary/aromatic N) is 2. The molecule has 1 atom stereocenters. The van der Waals surface area contributed by atoms with Gasteiger partial charge in [-0.1, -0.05) is 36.4 Å². The molecule has 1 saturated heterocycles. The summed E-state index contributed by atoms with van der Waals surface area (Å²) in [6, 6.07) is 15.8. The molecule has 21 heavy (non-hydrogen) atoms. The fourth-order valence-electron chi connectivity index (χ4n) is 2.44. The van der Waals surface area contributed by atoms with Crippen LogP contribution in [0.5, 0.6) is 0 Å². The van der Waals surface area contributed by atoms with Crippen LogP contribution < -0.4 is 5.49 Å². The molecule has 1 aliphatic rings. The van der Waals surface area contributed by atoms with Crippen LogP contribution in [0.1, 0.15) is 18.4 Å². The Hall–Kier alpha value is -2.20. The number of benzene rings is 1. The Morgan fingerprint density at radius 2 is 2.00 bits per heavy atom. The van der Waals surface area contributed by atoms with Crippen molar-refractivity contribution in [2.75, 3.05) is 6.61 Å². The molecule has 0 spiro atoms. The molecule has 1 unspecified atom stereocenters. The predicted molar refractivity (Wildman–Crippen MR) is 79.5 cm³/mol. The van der Waals surface area contributed by atoms with Crippen LogP contribution in [0.2, 0.25) is 0 Å². The van der Waals surface area contributed by atoms with E-state index in [1.165, 1.54) is 5.56 Å². The third kappa shape index (κ3) is 3.47. The van der Waals surface area contributed by atoms with E-state index in [2.05, 4.69) is 17.1 Å². The highest BCUT2D eigenvalue weighted by molar-refractivity contribution is 5.81. The number of hydrogen-bond acceptors (Lipinski definition) is 2. The number of carbonyl (C=O) groups excluding carboxylic acids is 1. The molecular formula is C17H18N2O2. The lowest BCUT2D eigenvalue weighted by Gasteiger charge is -2.08. The first kappa shape index (κ1) is 13.8. The summed E-state index contributed by atoms with van der Waals surface area (Å²) in [5, 5.41) is 0. The minimum Gasteiger partial charge on any atom is -0.368 e. The first-order chi connectivity index (χ1) is 10.3. The normalized spacial score (nSPS) is 18.9. The Morgan fingerprint density at radius 3 is 2.76 bits per heavy atom. The highest BCUT2D eigenvalue weighted by atomic mass is 16.5. The van der Waals surface area contributed by atoms with Gasteiger partial charge in [0.05, 0.1) is 0 Å². The number of pyridine rings is 1. The number of ether oxygens (including phenoxy) is 1. The van der Waals surface area contributed by atoms with Crippen molar-refractivity contribution in [3.8, 4) is 0 Å². The van der Waals surface area contributed by atoms with Crippen LogP contribution in [0.3, 0.4) is 0 Å². The molecule has 1 fully saturated rings. The fraction of sp³-hybridized carbons (Fsp3) is 0.294. The van der Waals surface area contributed by atoms with Gasteiger partial charge in [-0.2, -0.15) is 4.99 Å². The van der Waals surface area contributed by atoms with E-state index in [9.17, 15) is 4.79 Å².